The van der Waals surface area contributed by atoms with Gasteiger partial charge < -0.3 is 11.1 Å². The summed E-state index contributed by atoms with van der Waals surface area (Å²) in [6, 6.07) is 21.4. The Kier molecular flexibility index (Phi) is 5.22. The fourth-order valence-electron chi connectivity index (χ4n) is 2.69. The molecule has 3 N–H and O–H groups in total. The van der Waals surface area contributed by atoms with Gasteiger partial charge in [0.2, 0.25) is 0 Å². The van der Waals surface area contributed by atoms with E-state index in [2.05, 4.69) is 5.32 Å². The predicted octanol–water partition coefficient (Wildman–Crippen LogP) is 4.19. The topological polar surface area (TPSA) is 75.4 Å². The van der Waals surface area contributed by atoms with E-state index in [9.17, 15) is 9.59 Å². The summed E-state index contributed by atoms with van der Waals surface area (Å²) in [6.45, 7) is 3.95. The van der Waals surface area contributed by atoms with E-state index in [-0.39, 0.29) is 0 Å². The molecule has 0 aromatic heterocycles. The molecule has 0 radical (unpaired) electrons. The van der Waals surface area contributed by atoms with Gasteiger partial charge >= 0.3 is 11.8 Å². The van der Waals surface area contributed by atoms with Crippen LogP contribution in [0.2, 0.25) is 0 Å². The zero-order valence-electron chi connectivity index (χ0n) is 15.3. The fourth-order valence-corrected chi connectivity index (χ4v) is 2.69. The number of hydrogen-bond acceptors (Lipinski definition) is 3. The van der Waals surface area contributed by atoms with Crippen molar-refractivity contribution in [3.05, 3.63) is 83.9 Å². The molecule has 0 saturated carbocycles. The van der Waals surface area contributed by atoms with Crippen LogP contribution in [0.25, 0.3) is 0 Å². The monoisotopic (exact) mass is 359 g/mol. The molecule has 0 aliphatic carbocycles. The van der Waals surface area contributed by atoms with Crippen LogP contribution in [0.3, 0.4) is 0 Å². The van der Waals surface area contributed by atoms with E-state index in [0.29, 0.717) is 22.7 Å². The Morgan fingerprint density at radius 3 is 2.07 bits per heavy atom. The number of anilines is 4. The summed E-state index contributed by atoms with van der Waals surface area (Å²) >= 11 is 0. The maximum atomic E-state index is 13.0. The third-order valence-electron chi connectivity index (χ3n) is 4.33. The van der Waals surface area contributed by atoms with Crippen LogP contribution in [0.1, 0.15) is 11.1 Å². The van der Waals surface area contributed by atoms with Crippen LogP contribution in [0.4, 0.5) is 22.7 Å². The van der Waals surface area contributed by atoms with Crippen molar-refractivity contribution in [3.63, 3.8) is 0 Å². The van der Waals surface area contributed by atoms with E-state index < -0.39 is 11.8 Å². The van der Waals surface area contributed by atoms with Gasteiger partial charge in [-0.25, -0.2) is 0 Å². The first-order chi connectivity index (χ1) is 13.0. The second-order valence-corrected chi connectivity index (χ2v) is 6.32. The number of rotatable bonds is 3. The molecule has 0 heterocycles. The molecule has 0 fully saturated rings. The number of nitrogen functional groups attached to an aromatic ring is 1. The molecule has 0 bridgehead atoms. The van der Waals surface area contributed by atoms with Crippen LogP contribution in [0, 0.1) is 13.8 Å². The second-order valence-electron chi connectivity index (χ2n) is 6.32. The average Bonchev–Trinajstić information content (AvgIpc) is 2.67. The fraction of sp³-hybridized carbons (Fsp3) is 0.0909. The molecule has 3 rings (SSSR count). The minimum Gasteiger partial charge on any atom is -0.399 e. The van der Waals surface area contributed by atoms with Crippen molar-refractivity contribution in [1.29, 1.82) is 0 Å². The Hall–Kier alpha value is -3.60. The van der Waals surface area contributed by atoms with E-state index in [1.54, 1.807) is 42.5 Å². The van der Waals surface area contributed by atoms with Crippen LogP contribution in [-0.2, 0) is 9.59 Å². The molecule has 0 atom stereocenters. The van der Waals surface area contributed by atoms with Gasteiger partial charge in [0.15, 0.2) is 0 Å². The standard InChI is InChI=1S/C22H21N3O2/c1-15-8-11-18(14-16(15)2)24-21(26)22(27)25(19-6-4-3-5-7-19)20-12-9-17(23)10-13-20/h3-14H,23H2,1-2H3,(H,24,26). The smallest absolute Gasteiger partial charge is 0.321 e. The number of carbonyl (C=O) groups is 2. The van der Waals surface area contributed by atoms with Gasteiger partial charge in [0.25, 0.3) is 0 Å². The Balaban J connectivity index is 1.91. The van der Waals surface area contributed by atoms with Gasteiger partial charge in [-0.2, -0.15) is 0 Å². The first kappa shape index (κ1) is 18.2. The number of hydrogen-bond donors (Lipinski definition) is 2. The number of amides is 2. The van der Waals surface area contributed by atoms with Gasteiger partial charge in [0, 0.05) is 22.7 Å². The van der Waals surface area contributed by atoms with Crippen LogP contribution >= 0.6 is 0 Å². The lowest BCUT2D eigenvalue weighted by Crippen LogP contribution is -2.36. The molecule has 136 valence electrons. The van der Waals surface area contributed by atoms with Gasteiger partial charge in [-0.3, -0.25) is 14.5 Å². The number of nitrogens with two attached hydrogens (primary N) is 1. The molecule has 3 aromatic carbocycles. The summed E-state index contributed by atoms with van der Waals surface area (Å²) in [4.78, 5) is 27.0. The highest BCUT2D eigenvalue weighted by atomic mass is 16.2. The van der Waals surface area contributed by atoms with Crippen molar-refractivity contribution in [3.8, 4) is 0 Å². The molecular formula is C22H21N3O2. The summed E-state index contributed by atoms with van der Waals surface area (Å²) in [5, 5.41) is 2.69. The molecule has 27 heavy (non-hydrogen) atoms. The SMILES string of the molecule is Cc1ccc(NC(=O)C(=O)N(c2ccccc2)c2ccc(N)cc2)cc1C. The van der Waals surface area contributed by atoms with Gasteiger partial charge in [-0.05, 0) is 73.5 Å². The lowest BCUT2D eigenvalue weighted by Gasteiger charge is -2.22. The van der Waals surface area contributed by atoms with Gasteiger partial charge in [-0.15, -0.1) is 0 Å². The number of carbonyl (C=O) groups excluding carboxylic acids is 2. The second kappa shape index (κ2) is 7.74. The minimum atomic E-state index is -0.709. The summed E-state index contributed by atoms with van der Waals surface area (Å²) in [7, 11) is 0. The first-order valence-corrected chi connectivity index (χ1v) is 8.59. The van der Waals surface area contributed by atoms with Crippen molar-refractivity contribution < 1.29 is 9.59 Å². The number of nitrogens with one attached hydrogen (secondary N) is 1. The van der Waals surface area contributed by atoms with Crippen molar-refractivity contribution in [1.82, 2.24) is 0 Å². The third-order valence-corrected chi connectivity index (χ3v) is 4.33. The largest absolute Gasteiger partial charge is 0.399 e. The van der Waals surface area contributed by atoms with Crippen LogP contribution in [-0.4, -0.2) is 11.8 Å². The quantitative estimate of drug-likeness (QED) is 0.544. The molecule has 3 aromatic rings. The van der Waals surface area contributed by atoms with Gasteiger partial charge in [0.1, 0.15) is 0 Å². The zero-order valence-corrected chi connectivity index (χ0v) is 15.3. The third kappa shape index (κ3) is 4.15. The number of para-hydroxylation sites is 1. The molecule has 0 unspecified atom stereocenters. The normalized spacial score (nSPS) is 10.3. The van der Waals surface area contributed by atoms with Crippen LogP contribution in [0.15, 0.2) is 72.8 Å². The molecule has 0 aliphatic rings. The van der Waals surface area contributed by atoms with Crippen molar-refractivity contribution in [2.75, 3.05) is 16.0 Å². The highest BCUT2D eigenvalue weighted by Gasteiger charge is 2.25. The highest BCUT2D eigenvalue weighted by molar-refractivity contribution is 6.45. The minimum absolute atomic E-state index is 0.565. The highest BCUT2D eigenvalue weighted by Crippen LogP contribution is 2.26. The van der Waals surface area contributed by atoms with E-state index in [0.717, 1.165) is 11.1 Å². The van der Waals surface area contributed by atoms with E-state index in [4.69, 9.17) is 5.73 Å². The zero-order chi connectivity index (χ0) is 19.4. The summed E-state index contributed by atoms with van der Waals surface area (Å²) in [5.41, 5.74) is 10.2. The van der Waals surface area contributed by atoms with Gasteiger partial charge in [-0.1, -0.05) is 24.3 Å². The molecule has 0 saturated heterocycles. The predicted molar refractivity (Wildman–Crippen MR) is 109 cm³/mol. The Morgan fingerprint density at radius 1 is 0.815 bits per heavy atom. The number of aryl methyl sites for hydroxylation is 2. The summed E-state index contributed by atoms with van der Waals surface area (Å²) in [5.74, 6) is -1.39. The molecule has 2 amide bonds. The molecular weight excluding hydrogens is 338 g/mol. The average molecular weight is 359 g/mol. The Labute approximate surface area is 158 Å². The Morgan fingerprint density at radius 2 is 1.44 bits per heavy atom. The molecule has 5 heteroatoms. The lowest BCUT2D eigenvalue weighted by molar-refractivity contribution is -0.134. The lowest BCUT2D eigenvalue weighted by atomic mass is 10.1. The first-order valence-electron chi connectivity index (χ1n) is 8.59. The molecule has 0 aliphatic heterocycles. The van der Waals surface area contributed by atoms with Gasteiger partial charge in [0.05, 0.1) is 0 Å². The van der Waals surface area contributed by atoms with E-state index in [1.165, 1.54) is 4.90 Å². The van der Waals surface area contributed by atoms with E-state index >= 15 is 0 Å². The maximum Gasteiger partial charge on any atom is 0.321 e. The van der Waals surface area contributed by atoms with Crippen molar-refractivity contribution in [2.24, 2.45) is 0 Å². The molecule has 5 nitrogen and oxygen atoms in total. The summed E-state index contributed by atoms with van der Waals surface area (Å²) in [6.07, 6.45) is 0. The van der Waals surface area contributed by atoms with Crippen molar-refractivity contribution in [2.45, 2.75) is 13.8 Å². The van der Waals surface area contributed by atoms with Crippen molar-refractivity contribution >= 4 is 34.6 Å². The number of nitrogens with zero attached hydrogens (tertiary/aromatic N) is 1. The summed E-state index contributed by atoms with van der Waals surface area (Å²) < 4.78 is 0. The van der Waals surface area contributed by atoms with Crippen LogP contribution in [0.5, 0.6) is 0 Å². The molecule has 0 spiro atoms. The van der Waals surface area contributed by atoms with Crippen LogP contribution < -0.4 is 16.0 Å². The number of benzene rings is 3. The Bertz CT molecular complexity index is 967. The maximum absolute atomic E-state index is 13.0. The van der Waals surface area contributed by atoms with E-state index in [1.807, 2.05) is 44.2 Å².